The largest absolute Gasteiger partial charge is 0.391 e. The highest BCUT2D eigenvalue weighted by Gasteiger charge is 2.10. The van der Waals surface area contributed by atoms with E-state index in [1.54, 1.807) is 23.7 Å². The summed E-state index contributed by atoms with van der Waals surface area (Å²) in [6.45, 7) is 2.20. The zero-order valence-electron chi connectivity index (χ0n) is 9.18. The lowest BCUT2D eigenvalue weighted by Gasteiger charge is -1.94. The van der Waals surface area contributed by atoms with Gasteiger partial charge in [0.1, 0.15) is 5.01 Å². The van der Waals surface area contributed by atoms with Crippen molar-refractivity contribution in [3.8, 4) is 10.6 Å². The second-order valence-electron chi connectivity index (χ2n) is 3.53. The van der Waals surface area contributed by atoms with Gasteiger partial charge in [0.2, 0.25) is 0 Å². The Balaban J connectivity index is 2.36. The van der Waals surface area contributed by atoms with Crippen molar-refractivity contribution < 1.29 is 5.11 Å². The molecular formula is C12H14N2OS. The summed E-state index contributed by atoms with van der Waals surface area (Å²) >= 11 is 1.56. The second kappa shape index (κ2) is 5.18. The molecule has 0 spiro atoms. The van der Waals surface area contributed by atoms with Crippen molar-refractivity contribution in [2.45, 2.75) is 26.4 Å². The number of aryl methyl sites for hydroxylation is 1. The highest BCUT2D eigenvalue weighted by molar-refractivity contribution is 7.15. The van der Waals surface area contributed by atoms with Gasteiger partial charge in [-0.1, -0.05) is 13.3 Å². The molecule has 2 aromatic heterocycles. The molecule has 4 heteroatoms. The summed E-state index contributed by atoms with van der Waals surface area (Å²) in [5.41, 5.74) is 2.10. The number of nitrogens with zero attached hydrogens (tertiary/aromatic N) is 2. The van der Waals surface area contributed by atoms with Crippen LogP contribution in [0.2, 0.25) is 0 Å². The molecule has 1 N–H and O–H groups in total. The van der Waals surface area contributed by atoms with Crippen LogP contribution in [0.15, 0.2) is 24.5 Å². The molecule has 0 aliphatic heterocycles. The number of hydrogen-bond donors (Lipinski definition) is 1. The van der Waals surface area contributed by atoms with Crippen molar-refractivity contribution in [1.82, 2.24) is 9.97 Å². The number of aliphatic hydroxyl groups is 1. The summed E-state index contributed by atoms with van der Waals surface area (Å²) in [5.74, 6) is 0. The first-order valence-electron chi connectivity index (χ1n) is 5.35. The van der Waals surface area contributed by atoms with E-state index in [0.29, 0.717) is 0 Å². The Morgan fingerprint density at radius 1 is 1.31 bits per heavy atom. The molecule has 16 heavy (non-hydrogen) atoms. The molecule has 0 amide bonds. The molecule has 0 saturated heterocycles. The molecule has 0 aromatic carbocycles. The molecule has 2 rings (SSSR count). The molecule has 0 fully saturated rings. The van der Waals surface area contributed by atoms with Crippen molar-refractivity contribution >= 4 is 11.3 Å². The topological polar surface area (TPSA) is 46.0 Å². The van der Waals surface area contributed by atoms with Crippen LogP contribution in [0.1, 0.15) is 23.9 Å². The molecule has 0 bridgehead atoms. The Bertz CT molecular complexity index is 453. The van der Waals surface area contributed by atoms with Crippen LogP contribution in [0.3, 0.4) is 0 Å². The first kappa shape index (κ1) is 11.2. The van der Waals surface area contributed by atoms with Gasteiger partial charge < -0.3 is 5.11 Å². The summed E-state index contributed by atoms with van der Waals surface area (Å²) < 4.78 is 0. The Hall–Kier alpha value is -1.26. The smallest absolute Gasteiger partial charge is 0.124 e. The quantitative estimate of drug-likeness (QED) is 0.884. The highest BCUT2D eigenvalue weighted by Crippen LogP contribution is 2.28. The fourth-order valence-corrected chi connectivity index (χ4v) is 2.53. The number of rotatable bonds is 4. The Labute approximate surface area is 98.8 Å². The number of hydrogen-bond acceptors (Lipinski definition) is 4. The highest BCUT2D eigenvalue weighted by atomic mass is 32.1. The van der Waals surface area contributed by atoms with Gasteiger partial charge in [-0.15, -0.1) is 11.3 Å². The minimum atomic E-state index is 0.0814. The standard InChI is InChI=1S/C12H14N2OS/c1-2-3-10-11(8-15)16-12(14-10)9-4-6-13-7-5-9/h4-7,15H,2-3,8H2,1H3. The number of thiazole rings is 1. The van der Waals surface area contributed by atoms with E-state index in [-0.39, 0.29) is 6.61 Å². The Morgan fingerprint density at radius 2 is 2.06 bits per heavy atom. The lowest BCUT2D eigenvalue weighted by molar-refractivity contribution is 0.284. The normalized spacial score (nSPS) is 10.6. The Kier molecular flexibility index (Phi) is 3.64. The van der Waals surface area contributed by atoms with Gasteiger partial charge in [-0.3, -0.25) is 4.98 Å². The van der Waals surface area contributed by atoms with Gasteiger partial charge in [0.15, 0.2) is 0 Å². The van der Waals surface area contributed by atoms with Crippen LogP contribution in [-0.2, 0) is 13.0 Å². The van der Waals surface area contributed by atoms with Gasteiger partial charge >= 0.3 is 0 Å². The number of aliphatic hydroxyl groups excluding tert-OH is 1. The van der Waals surface area contributed by atoms with Crippen LogP contribution in [0, 0.1) is 0 Å². The van der Waals surface area contributed by atoms with Crippen LogP contribution < -0.4 is 0 Å². The van der Waals surface area contributed by atoms with Crippen LogP contribution in [0.4, 0.5) is 0 Å². The van der Waals surface area contributed by atoms with E-state index in [1.807, 2.05) is 12.1 Å². The van der Waals surface area contributed by atoms with Crippen molar-refractivity contribution in [2.24, 2.45) is 0 Å². The average molecular weight is 234 g/mol. The average Bonchev–Trinajstić information content (AvgIpc) is 2.74. The molecule has 0 aliphatic carbocycles. The third-order valence-electron chi connectivity index (χ3n) is 2.34. The fourth-order valence-electron chi connectivity index (χ4n) is 1.56. The van der Waals surface area contributed by atoms with Crippen LogP contribution in [0.5, 0.6) is 0 Å². The molecule has 0 unspecified atom stereocenters. The molecule has 0 radical (unpaired) electrons. The van der Waals surface area contributed by atoms with Gasteiger partial charge in [0.05, 0.1) is 17.2 Å². The van der Waals surface area contributed by atoms with Gasteiger partial charge in [-0.05, 0) is 18.6 Å². The zero-order valence-corrected chi connectivity index (χ0v) is 10.00. The molecule has 0 saturated carbocycles. The van der Waals surface area contributed by atoms with E-state index < -0.39 is 0 Å². The monoisotopic (exact) mass is 234 g/mol. The summed E-state index contributed by atoms with van der Waals surface area (Å²) in [4.78, 5) is 9.54. The number of aromatic nitrogens is 2. The fraction of sp³-hybridized carbons (Fsp3) is 0.333. The maximum Gasteiger partial charge on any atom is 0.124 e. The lowest BCUT2D eigenvalue weighted by atomic mass is 10.2. The van der Waals surface area contributed by atoms with Gasteiger partial charge in [-0.25, -0.2) is 4.98 Å². The third-order valence-corrected chi connectivity index (χ3v) is 3.47. The van der Waals surface area contributed by atoms with Crippen molar-refractivity contribution in [3.05, 3.63) is 35.1 Å². The third kappa shape index (κ3) is 2.28. The Morgan fingerprint density at radius 3 is 2.69 bits per heavy atom. The molecular weight excluding hydrogens is 220 g/mol. The molecule has 2 heterocycles. The van der Waals surface area contributed by atoms with E-state index in [0.717, 1.165) is 34.0 Å². The summed E-state index contributed by atoms with van der Waals surface area (Å²) in [5, 5.41) is 10.2. The van der Waals surface area contributed by atoms with E-state index in [4.69, 9.17) is 0 Å². The molecule has 0 aliphatic rings. The minimum Gasteiger partial charge on any atom is -0.391 e. The summed E-state index contributed by atoms with van der Waals surface area (Å²) in [6, 6.07) is 3.88. The molecule has 0 atom stereocenters. The zero-order chi connectivity index (χ0) is 11.4. The lowest BCUT2D eigenvalue weighted by Crippen LogP contribution is -1.89. The van der Waals surface area contributed by atoms with E-state index in [2.05, 4.69) is 16.9 Å². The SMILES string of the molecule is CCCc1nc(-c2ccncc2)sc1CO. The summed E-state index contributed by atoms with van der Waals surface area (Å²) in [6.07, 6.45) is 5.49. The predicted molar refractivity (Wildman–Crippen MR) is 65.3 cm³/mol. The van der Waals surface area contributed by atoms with Crippen molar-refractivity contribution in [1.29, 1.82) is 0 Å². The van der Waals surface area contributed by atoms with Gasteiger partial charge in [0, 0.05) is 18.0 Å². The minimum absolute atomic E-state index is 0.0814. The van der Waals surface area contributed by atoms with E-state index >= 15 is 0 Å². The van der Waals surface area contributed by atoms with Crippen molar-refractivity contribution in [2.75, 3.05) is 0 Å². The number of pyridine rings is 1. The van der Waals surface area contributed by atoms with Crippen LogP contribution in [-0.4, -0.2) is 15.1 Å². The van der Waals surface area contributed by atoms with Crippen molar-refractivity contribution in [3.63, 3.8) is 0 Å². The second-order valence-corrected chi connectivity index (χ2v) is 4.62. The first-order valence-corrected chi connectivity index (χ1v) is 6.16. The summed E-state index contributed by atoms with van der Waals surface area (Å²) in [7, 11) is 0. The molecule has 3 nitrogen and oxygen atoms in total. The van der Waals surface area contributed by atoms with E-state index in [9.17, 15) is 5.11 Å². The van der Waals surface area contributed by atoms with E-state index in [1.165, 1.54) is 0 Å². The predicted octanol–water partition coefficient (Wildman–Crippen LogP) is 2.65. The van der Waals surface area contributed by atoms with Gasteiger partial charge in [0.25, 0.3) is 0 Å². The van der Waals surface area contributed by atoms with Gasteiger partial charge in [-0.2, -0.15) is 0 Å². The first-order chi connectivity index (χ1) is 7.85. The maximum atomic E-state index is 9.26. The van der Waals surface area contributed by atoms with Crippen LogP contribution in [0.25, 0.3) is 10.6 Å². The maximum absolute atomic E-state index is 9.26. The molecule has 2 aromatic rings. The van der Waals surface area contributed by atoms with Crippen LogP contribution >= 0.6 is 11.3 Å². The molecule has 84 valence electrons.